The molecule has 4 atom stereocenters. The molecule has 1 aromatic rings. The Morgan fingerprint density at radius 2 is 2.14 bits per heavy atom. The molecule has 21 heavy (non-hydrogen) atoms. The highest BCUT2D eigenvalue weighted by Gasteiger charge is 2.38. The normalized spacial score (nSPS) is 28.5. The van der Waals surface area contributed by atoms with Gasteiger partial charge in [-0.2, -0.15) is 0 Å². The molecular weight excluding hydrogens is 298 g/mol. The number of hydrogen-bond acceptors (Lipinski definition) is 3. The van der Waals surface area contributed by atoms with E-state index in [1.807, 2.05) is 17.5 Å². The molecule has 120 valence electrons. The topological polar surface area (TPSA) is 29.1 Å². The van der Waals surface area contributed by atoms with Crippen LogP contribution in [0.25, 0.3) is 0 Å². The predicted molar refractivity (Wildman–Crippen MR) is 93.4 cm³/mol. The van der Waals surface area contributed by atoms with Crippen LogP contribution in [-0.2, 0) is 10.8 Å². The van der Waals surface area contributed by atoms with E-state index in [0.717, 1.165) is 30.0 Å². The van der Waals surface area contributed by atoms with Crippen molar-refractivity contribution in [3.05, 3.63) is 17.5 Å². The monoisotopic (exact) mass is 327 g/mol. The van der Waals surface area contributed by atoms with Gasteiger partial charge < -0.3 is 5.32 Å². The van der Waals surface area contributed by atoms with Crippen LogP contribution in [0.5, 0.6) is 0 Å². The minimum Gasteiger partial charge on any atom is -0.313 e. The third kappa shape index (κ3) is 4.40. The fourth-order valence-electron chi connectivity index (χ4n) is 3.24. The molecule has 0 spiro atoms. The Hall–Kier alpha value is -0.190. The van der Waals surface area contributed by atoms with E-state index < -0.39 is 10.8 Å². The van der Waals surface area contributed by atoms with Gasteiger partial charge >= 0.3 is 0 Å². The Bertz CT molecular complexity index is 450. The van der Waals surface area contributed by atoms with Gasteiger partial charge in [-0.25, -0.2) is 0 Å². The van der Waals surface area contributed by atoms with Crippen molar-refractivity contribution >= 4 is 22.1 Å². The molecule has 1 heterocycles. The molecule has 1 N–H and O–H groups in total. The quantitative estimate of drug-likeness (QED) is 0.866. The van der Waals surface area contributed by atoms with Crippen molar-refractivity contribution in [2.75, 3.05) is 6.54 Å². The van der Waals surface area contributed by atoms with E-state index >= 15 is 0 Å². The zero-order valence-corrected chi connectivity index (χ0v) is 15.4. The van der Waals surface area contributed by atoms with Crippen molar-refractivity contribution < 1.29 is 4.21 Å². The minimum atomic E-state index is -0.872. The lowest BCUT2D eigenvalue weighted by Crippen LogP contribution is -2.48. The second-order valence-electron chi connectivity index (χ2n) is 7.20. The van der Waals surface area contributed by atoms with Crippen LogP contribution < -0.4 is 5.32 Å². The molecule has 1 saturated carbocycles. The lowest BCUT2D eigenvalue weighted by molar-refractivity contribution is 0.163. The van der Waals surface area contributed by atoms with E-state index in [1.54, 1.807) is 11.3 Å². The summed E-state index contributed by atoms with van der Waals surface area (Å²) in [5, 5.41) is 5.94. The predicted octanol–water partition coefficient (Wildman–Crippen LogP) is 4.44. The molecule has 0 saturated heterocycles. The van der Waals surface area contributed by atoms with E-state index in [2.05, 4.69) is 33.0 Å². The van der Waals surface area contributed by atoms with Crippen LogP contribution in [0.2, 0.25) is 0 Å². The highest BCUT2D eigenvalue weighted by atomic mass is 32.2. The van der Waals surface area contributed by atoms with Crippen LogP contribution in [-0.4, -0.2) is 22.0 Å². The average Bonchev–Trinajstić information content (AvgIpc) is 2.97. The first-order valence-corrected chi connectivity index (χ1v) is 10.2. The second kappa shape index (κ2) is 7.38. The summed E-state index contributed by atoms with van der Waals surface area (Å²) in [5.41, 5.74) is 0.313. The van der Waals surface area contributed by atoms with Gasteiger partial charge in [0.25, 0.3) is 0 Å². The van der Waals surface area contributed by atoms with E-state index in [1.165, 1.54) is 6.42 Å². The number of hydrogen-bond donors (Lipinski definition) is 1. The molecule has 1 aliphatic rings. The molecule has 0 aromatic carbocycles. The maximum atomic E-state index is 13.0. The summed E-state index contributed by atoms with van der Waals surface area (Å²) < 4.78 is 14.0. The standard InChI is InChI=1S/C17H29NOS2/c1-5-10-18-14-9-8-13(17(2,3)4)12-15(14)21(19)16-7-6-11-20-16/h6-7,11,13-15,18H,5,8-10,12H2,1-4H3. The number of thiophene rings is 1. The Labute approximate surface area is 136 Å². The molecule has 0 radical (unpaired) electrons. The first kappa shape index (κ1) is 17.2. The van der Waals surface area contributed by atoms with Crippen LogP contribution in [0.1, 0.15) is 53.4 Å². The van der Waals surface area contributed by atoms with Gasteiger partial charge in [-0.1, -0.05) is 33.8 Å². The Balaban J connectivity index is 2.14. The largest absolute Gasteiger partial charge is 0.313 e. The van der Waals surface area contributed by atoms with Gasteiger partial charge in [-0.05, 0) is 55.0 Å². The zero-order chi connectivity index (χ0) is 15.5. The van der Waals surface area contributed by atoms with Crippen molar-refractivity contribution in [2.24, 2.45) is 11.3 Å². The maximum Gasteiger partial charge on any atom is 0.0914 e. The Morgan fingerprint density at radius 1 is 1.38 bits per heavy atom. The lowest BCUT2D eigenvalue weighted by Gasteiger charge is -2.41. The first-order valence-electron chi connectivity index (χ1n) is 8.11. The molecule has 4 unspecified atom stereocenters. The second-order valence-corrected chi connectivity index (χ2v) is 10.1. The molecule has 4 heteroatoms. The Morgan fingerprint density at radius 3 is 2.71 bits per heavy atom. The first-order chi connectivity index (χ1) is 9.93. The van der Waals surface area contributed by atoms with E-state index in [9.17, 15) is 4.21 Å². The SMILES string of the molecule is CCCNC1CCC(C(C)(C)C)CC1S(=O)c1cccs1. The maximum absolute atomic E-state index is 13.0. The van der Waals surface area contributed by atoms with Gasteiger partial charge in [-0.3, -0.25) is 4.21 Å². The van der Waals surface area contributed by atoms with Gasteiger partial charge in [0, 0.05) is 6.04 Å². The van der Waals surface area contributed by atoms with Crippen LogP contribution in [0.4, 0.5) is 0 Å². The summed E-state index contributed by atoms with van der Waals surface area (Å²) in [7, 11) is -0.872. The van der Waals surface area contributed by atoms with Crippen LogP contribution in [0, 0.1) is 11.3 Å². The summed E-state index contributed by atoms with van der Waals surface area (Å²) in [6.07, 6.45) is 4.62. The minimum absolute atomic E-state index is 0.258. The molecule has 1 fully saturated rings. The molecule has 2 nitrogen and oxygen atoms in total. The summed E-state index contributed by atoms with van der Waals surface area (Å²) >= 11 is 1.63. The summed E-state index contributed by atoms with van der Waals surface area (Å²) in [6, 6.07) is 4.45. The molecule has 0 aliphatic heterocycles. The van der Waals surface area contributed by atoms with Crippen LogP contribution in [0.15, 0.2) is 21.7 Å². The average molecular weight is 328 g/mol. The zero-order valence-electron chi connectivity index (χ0n) is 13.7. The van der Waals surface area contributed by atoms with Gasteiger partial charge in [0.15, 0.2) is 0 Å². The number of rotatable bonds is 5. The smallest absolute Gasteiger partial charge is 0.0914 e. The fraction of sp³-hybridized carbons (Fsp3) is 0.765. The highest BCUT2D eigenvalue weighted by molar-refractivity contribution is 7.88. The third-order valence-corrected chi connectivity index (χ3v) is 7.69. The molecule has 0 amide bonds. The van der Waals surface area contributed by atoms with Gasteiger partial charge in [0.2, 0.25) is 0 Å². The molecule has 0 bridgehead atoms. The van der Waals surface area contributed by atoms with Crippen LogP contribution in [0.3, 0.4) is 0 Å². The van der Waals surface area contributed by atoms with Crippen molar-refractivity contribution in [3.8, 4) is 0 Å². The van der Waals surface area contributed by atoms with E-state index in [4.69, 9.17) is 0 Å². The third-order valence-electron chi connectivity index (χ3n) is 4.64. The molecule has 1 aliphatic carbocycles. The molecule has 1 aromatic heterocycles. The number of nitrogens with one attached hydrogen (secondary N) is 1. The fourth-order valence-corrected chi connectivity index (χ4v) is 6.06. The van der Waals surface area contributed by atoms with Gasteiger partial charge in [-0.15, -0.1) is 11.3 Å². The highest BCUT2D eigenvalue weighted by Crippen LogP contribution is 2.40. The van der Waals surface area contributed by atoms with Gasteiger partial charge in [0.1, 0.15) is 0 Å². The van der Waals surface area contributed by atoms with Crippen molar-refractivity contribution in [1.29, 1.82) is 0 Å². The van der Waals surface area contributed by atoms with Crippen molar-refractivity contribution in [2.45, 2.75) is 68.9 Å². The van der Waals surface area contributed by atoms with Crippen molar-refractivity contribution in [1.82, 2.24) is 5.32 Å². The Kier molecular flexibility index (Phi) is 6.04. The van der Waals surface area contributed by atoms with Gasteiger partial charge in [0.05, 0.1) is 20.3 Å². The summed E-state index contributed by atoms with van der Waals surface area (Å²) in [5.74, 6) is 0.672. The summed E-state index contributed by atoms with van der Waals surface area (Å²) in [6.45, 7) is 10.2. The van der Waals surface area contributed by atoms with E-state index in [0.29, 0.717) is 17.4 Å². The summed E-state index contributed by atoms with van der Waals surface area (Å²) in [4.78, 5) is 0. The van der Waals surface area contributed by atoms with E-state index in [-0.39, 0.29) is 5.25 Å². The van der Waals surface area contributed by atoms with Crippen molar-refractivity contribution in [3.63, 3.8) is 0 Å². The molecular formula is C17H29NOS2. The lowest BCUT2D eigenvalue weighted by atomic mass is 9.71. The molecule has 2 rings (SSSR count). The van der Waals surface area contributed by atoms with Crippen LogP contribution >= 0.6 is 11.3 Å².